The van der Waals surface area contributed by atoms with Gasteiger partial charge in [0.2, 0.25) is 5.91 Å². The van der Waals surface area contributed by atoms with E-state index in [-0.39, 0.29) is 5.02 Å². The largest absolute Gasteiger partial charge is 0.366 e. The van der Waals surface area contributed by atoms with E-state index in [1.54, 1.807) is 13.1 Å². The van der Waals surface area contributed by atoms with Gasteiger partial charge in [0.1, 0.15) is 11.9 Å². The Bertz CT molecular complexity index is 832. The number of nitrogens with zero attached hydrogens (tertiary/aromatic N) is 2. The highest BCUT2D eigenvalue weighted by atomic mass is 35.5. The quantitative estimate of drug-likeness (QED) is 0.893. The van der Waals surface area contributed by atoms with Crippen LogP contribution in [0.3, 0.4) is 0 Å². The van der Waals surface area contributed by atoms with Gasteiger partial charge >= 0.3 is 0 Å². The molecule has 118 valence electrons. The molecule has 0 spiro atoms. The minimum absolute atomic E-state index is 0.186. The fourth-order valence-electron chi connectivity index (χ4n) is 2.39. The zero-order valence-electron chi connectivity index (χ0n) is 12.0. The third kappa shape index (κ3) is 2.97. The van der Waals surface area contributed by atoms with Crippen molar-refractivity contribution in [3.8, 4) is 0 Å². The SMILES string of the molecule is CC1=C(C(N)=O)C(c2ccc(F)cc2Cl)N=C(c2nccs2)N1. The number of hydrogen-bond acceptors (Lipinski definition) is 5. The lowest BCUT2D eigenvalue weighted by atomic mass is 9.95. The number of nitrogens with two attached hydrogens (primary N) is 1. The number of aromatic nitrogens is 1. The Labute approximate surface area is 140 Å². The number of aliphatic imine (C=N–C) groups is 1. The van der Waals surface area contributed by atoms with Gasteiger partial charge in [-0.15, -0.1) is 11.3 Å². The van der Waals surface area contributed by atoms with Crippen molar-refractivity contribution in [2.24, 2.45) is 10.7 Å². The van der Waals surface area contributed by atoms with Gasteiger partial charge in [0.25, 0.3) is 0 Å². The summed E-state index contributed by atoms with van der Waals surface area (Å²) in [5.74, 6) is -0.548. The average molecular weight is 351 g/mol. The molecule has 1 aromatic carbocycles. The van der Waals surface area contributed by atoms with Crippen LogP contribution < -0.4 is 11.1 Å². The van der Waals surface area contributed by atoms with E-state index in [1.165, 1.54) is 29.5 Å². The summed E-state index contributed by atoms with van der Waals surface area (Å²) in [7, 11) is 0. The predicted molar refractivity (Wildman–Crippen MR) is 87.8 cm³/mol. The number of benzene rings is 1. The van der Waals surface area contributed by atoms with E-state index in [0.717, 1.165) is 0 Å². The van der Waals surface area contributed by atoms with E-state index < -0.39 is 17.8 Å². The fourth-order valence-corrected chi connectivity index (χ4v) is 3.25. The standard InChI is InChI=1S/C15H12ClFN4OS/c1-7-11(13(18)22)12(9-3-2-8(17)6-10(9)16)21-14(20-7)15-19-4-5-23-15/h2-6,12H,1H3,(H2,18,22)(H,20,21). The lowest BCUT2D eigenvalue weighted by molar-refractivity contribution is -0.114. The molecule has 1 amide bonds. The van der Waals surface area contributed by atoms with Gasteiger partial charge in [0, 0.05) is 27.9 Å². The highest BCUT2D eigenvalue weighted by Crippen LogP contribution is 2.35. The highest BCUT2D eigenvalue weighted by Gasteiger charge is 2.30. The summed E-state index contributed by atoms with van der Waals surface area (Å²) >= 11 is 7.54. The first-order chi connectivity index (χ1) is 11.0. The summed E-state index contributed by atoms with van der Waals surface area (Å²) < 4.78 is 13.3. The normalized spacial score (nSPS) is 17.7. The second-order valence-electron chi connectivity index (χ2n) is 4.91. The fraction of sp³-hybridized carbons (Fsp3) is 0.133. The molecule has 3 rings (SSSR count). The molecule has 2 aromatic rings. The Balaban J connectivity index is 2.14. The van der Waals surface area contributed by atoms with Crippen molar-refractivity contribution >= 4 is 34.7 Å². The van der Waals surface area contributed by atoms with Gasteiger partial charge in [-0.25, -0.2) is 9.37 Å². The molecule has 8 heteroatoms. The van der Waals surface area contributed by atoms with Crippen LogP contribution in [0.15, 0.2) is 46.0 Å². The lowest BCUT2D eigenvalue weighted by Crippen LogP contribution is -2.34. The number of amidine groups is 1. The van der Waals surface area contributed by atoms with Crippen LogP contribution in [0.1, 0.15) is 23.5 Å². The van der Waals surface area contributed by atoms with Crippen molar-refractivity contribution in [1.82, 2.24) is 10.3 Å². The van der Waals surface area contributed by atoms with Gasteiger partial charge in [-0.3, -0.25) is 9.79 Å². The summed E-state index contributed by atoms with van der Waals surface area (Å²) in [6.45, 7) is 1.73. The Kier molecular flexibility index (Phi) is 4.14. The lowest BCUT2D eigenvalue weighted by Gasteiger charge is -2.25. The molecule has 0 bridgehead atoms. The smallest absolute Gasteiger partial charge is 0.248 e. The second kappa shape index (κ2) is 6.10. The first-order valence-electron chi connectivity index (χ1n) is 6.67. The number of rotatable bonds is 3. The van der Waals surface area contributed by atoms with Gasteiger partial charge in [-0.1, -0.05) is 17.7 Å². The zero-order chi connectivity index (χ0) is 16.6. The maximum Gasteiger partial charge on any atom is 0.248 e. The van der Waals surface area contributed by atoms with Gasteiger partial charge in [0.05, 0.1) is 5.57 Å². The second-order valence-corrected chi connectivity index (χ2v) is 6.21. The van der Waals surface area contributed by atoms with Crippen LogP contribution in [-0.4, -0.2) is 16.7 Å². The number of thiazole rings is 1. The van der Waals surface area contributed by atoms with E-state index in [2.05, 4.69) is 15.3 Å². The third-order valence-corrected chi connectivity index (χ3v) is 4.51. The first-order valence-corrected chi connectivity index (χ1v) is 7.93. The van der Waals surface area contributed by atoms with Crippen molar-refractivity contribution in [3.63, 3.8) is 0 Å². The molecule has 23 heavy (non-hydrogen) atoms. The summed E-state index contributed by atoms with van der Waals surface area (Å²) in [4.78, 5) is 20.6. The van der Waals surface area contributed by atoms with Crippen molar-refractivity contribution in [2.75, 3.05) is 0 Å². The van der Waals surface area contributed by atoms with Crippen LogP contribution in [0.2, 0.25) is 5.02 Å². The van der Waals surface area contributed by atoms with Crippen molar-refractivity contribution in [3.05, 3.63) is 62.5 Å². The number of carbonyl (C=O) groups is 1. The predicted octanol–water partition coefficient (Wildman–Crippen LogP) is 2.79. The summed E-state index contributed by atoms with van der Waals surface area (Å²) in [5.41, 5.74) is 6.87. The van der Waals surface area contributed by atoms with Crippen LogP contribution >= 0.6 is 22.9 Å². The summed E-state index contributed by atoms with van der Waals surface area (Å²) in [6.07, 6.45) is 1.66. The van der Waals surface area contributed by atoms with Crippen LogP contribution in [0, 0.1) is 5.82 Å². The molecular weight excluding hydrogens is 339 g/mol. The van der Waals surface area contributed by atoms with Gasteiger partial charge in [-0.2, -0.15) is 0 Å². The monoisotopic (exact) mass is 350 g/mol. The Morgan fingerprint density at radius 2 is 2.26 bits per heavy atom. The number of carbonyl (C=O) groups excluding carboxylic acids is 1. The van der Waals surface area contributed by atoms with E-state index in [0.29, 0.717) is 27.7 Å². The average Bonchev–Trinajstić information content (AvgIpc) is 3.00. The van der Waals surface area contributed by atoms with Crippen molar-refractivity contribution in [1.29, 1.82) is 0 Å². The van der Waals surface area contributed by atoms with E-state index in [1.807, 2.05) is 5.38 Å². The maximum absolute atomic E-state index is 13.3. The molecule has 1 aromatic heterocycles. The maximum atomic E-state index is 13.3. The Hall–Kier alpha value is -2.25. The molecule has 1 aliphatic rings. The van der Waals surface area contributed by atoms with Gasteiger partial charge in [0.15, 0.2) is 10.8 Å². The summed E-state index contributed by atoms with van der Waals surface area (Å²) in [6, 6.07) is 3.26. The van der Waals surface area contributed by atoms with Crippen molar-refractivity contribution in [2.45, 2.75) is 13.0 Å². The van der Waals surface area contributed by atoms with E-state index >= 15 is 0 Å². The van der Waals surface area contributed by atoms with Crippen LogP contribution in [0.25, 0.3) is 0 Å². The number of halogens is 2. The first kappa shape index (κ1) is 15.6. The topological polar surface area (TPSA) is 80.4 Å². The molecule has 5 nitrogen and oxygen atoms in total. The molecule has 1 atom stereocenters. The molecule has 0 fully saturated rings. The molecule has 3 N–H and O–H groups in total. The molecule has 0 aliphatic carbocycles. The Morgan fingerprint density at radius 1 is 1.48 bits per heavy atom. The van der Waals surface area contributed by atoms with Crippen LogP contribution in [0.4, 0.5) is 4.39 Å². The highest BCUT2D eigenvalue weighted by molar-refractivity contribution is 7.11. The molecule has 1 aliphatic heterocycles. The van der Waals surface area contributed by atoms with Crippen LogP contribution in [-0.2, 0) is 4.79 Å². The number of nitrogens with one attached hydrogen (secondary N) is 1. The number of hydrogen-bond donors (Lipinski definition) is 2. The minimum atomic E-state index is -0.708. The number of amides is 1. The number of allylic oxidation sites excluding steroid dienone is 1. The van der Waals surface area contributed by atoms with Crippen LogP contribution in [0.5, 0.6) is 0 Å². The molecule has 0 saturated heterocycles. The van der Waals surface area contributed by atoms with E-state index in [9.17, 15) is 9.18 Å². The molecule has 0 saturated carbocycles. The Morgan fingerprint density at radius 3 is 2.87 bits per heavy atom. The number of primary amides is 1. The third-order valence-electron chi connectivity index (χ3n) is 3.40. The molecule has 2 heterocycles. The molecular formula is C15H12ClFN4OS. The minimum Gasteiger partial charge on any atom is -0.366 e. The van der Waals surface area contributed by atoms with Gasteiger partial charge < -0.3 is 11.1 Å². The zero-order valence-corrected chi connectivity index (χ0v) is 13.6. The molecule has 1 unspecified atom stereocenters. The molecule has 0 radical (unpaired) electrons. The summed E-state index contributed by atoms with van der Waals surface area (Å²) in [5, 5.41) is 5.72. The van der Waals surface area contributed by atoms with E-state index in [4.69, 9.17) is 17.3 Å². The van der Waals surface area contributed by atoms with Crippen molar-refractivity contribution < 1.29 is 9.18 Å². The van der Waals surface area contributed by atoms with Gasteiger partial charge in [-0.05, 0) is 19.1 Å².